The van der Waals surface area contributed by atoms with Crippen molar-refractivity contribution < 1.29 is 0 Å². The van der Waals surface area contributed by atoms with E-state index in [1.807, 2.05) is 18.6 Å². The molecule has 0 amide bonds. The molecule has 156 valence electrons. The number of nitrogens with zero attached hydrogens (tertiary/aromatic N) is 5. The molecular weight excluding hydrogens is 384 g/mol. The van der Waals surface area contributed by atoms with Crippen LogP contribution in [0.15, 0.2) is 23.5 Å². The van der Waals surface area contributed by atoms with Gasteiger partial charge in [0.05, 0.1) is 6.33 Å². The van der Waals surface area contributed by atoms with E-state index in [0.29, 0.717) is 6.04 Å². The van der Waals surface area contributed by atoms with Crippen LogP contribution in [0, 0.1) is 0 Å². The molecule has 1 unspecified atom stereocenters. The molecule has 0 bridgehead atoms. The Balaban J connectivity index is 1.56. The highest BCUT2D eigenvalue weighted by molar-refractivity contribution is 6.28. The summed E-state index contributed by atoms with van der Waals surface area (Å²) in [5, 5.41) is 0.281. The molecule has 3 heterocycles. The molecule has 0 radical (unpaired) electrons. The molecule has 7 heteroatoms. The lowest BCUT2D eigenvalue weighted by Gasteiger charge is -2.24. The SMILES string of the molecule is NCCCCCCCCC1(c2nc(Cl)nc3c2ncn3C2CCCC2)C=CC=N1. The van der Waals surface area contributed by atoms with Crippen molar-refractivity contribution in [3.63, 3.8) is 0 Å². The zero-order valence-corrected chi connectivity index (χ0v) is 17.8. The van der Waals surface area contributed by atoms with Crippen LogP contribution < -0.4 is 5.73 Å². The van der Waals surface area contributed by atoms with E-state index in [1.54, 1.807) is 0 Å². The maximum absolute atomic E-state index is 6.38. The summed E-state index contributed by atoms with van der Waals surface area (Å²) in [6.07, 6.45) is 20.9. The van der Waals surface area contributed by atoms with Gasteiger partial charge in [-0.1, -0.05) is 44.9 Å². The maximum atomic E-state index is 6.38. The molecule has 2 N–H and O–H groups in total. The van der Waals surface area contributed by atoms with Gasteiger partial charge in [0.2, 0.25) is 5.28 Å². The van der Waals surface area contributed by atoms with Crippen LogP contribution in [0.2, 0.25) is 5.28 Å². The molecule has 4 rings (SSSR count). The lowest BCUT2D eigenvalue weighted by molar-refractivity contribution is 0.466. The third kappa shape index (κ3) is 4.38. The van der Waals surface area contributed by atoms with Gasteiger partial charge in [-0.25, -0.2) is 9.97 Å². The predicted molar refractivity (Wildman–Crippen MR) is 119 cm³/mol. The number of aliphatic imine (C=N–C) groups is 1. The third-order valence-electron chi connectivity index (χ3n) is 6.30. The van der Waals surface area contributed by atoms with Gasteiger partial charge < -0.3 is 10.3 Å². The van der Waals surface area contributed by atoms with Crippen molar-refractivity contribution in [2.24, 2.45) is 10.7 Å². The number of fused-ring (bicyclic) bond motifs is 1. The van der Waals surface area contributed by atoms with Gasteiger partial charge in [0.25, 0.3) is 0 Å². The first kappa shape index (κ1) is 20.5. The number of hydrogen-bond donors (Lipinski definition) is 1. The van der Waals surface area contributed by atoms with Crippen molar-refractivity contribution in [3.05, 3.63) is 29.5 Å². The number of halogens is 1. The van der Waals surface area contributed by atoms with E-state index in [2.05, 4.69) is 20.6 Å². The van der Waals surface area contributed by atoms with Crippen LogP contribution in [-0.4, -0.2) is 32.3 Å². The van der Waals surface area contributed by atoms with Crippen molar-refractivity contribution in [1.29, 1.82) is 0 Å². The first-order valence-corrected chi connectivity index (χ1v) is 11.4. The molecule has 2 aromatic heterocycles. The van der Waals surface area contributed by atoms with Crippen LogP contribution in [0.5, 0.6) is 0 Å². The summed E-state index contributed by atoms with van der Waals surface area (Å²) in [6, 6.07) is 0.464. The first-order valence-electron chi connectivity index (χ1n) is 11.1. The standard InChI is InChI=1S/C22H31ClN6/c23-21-27-19(18-20(28-21)29(16-25-18)17-10-5-6-11-17)22(13-9-15-26-22)12-7-3-1-2-4-8-14-24/h9,13,15-17H,1-8,10-12,14,24H2. The fraction of sp³-hybridized carbons (Fsp3) is 0.636. The fourth-order valence-corrected chi connectivity index (χ4v) is 4.88. The van der Waals surface area contributed by atoms with Gasteiger partial charge in [0.1, 0.15) is 16.7 Å². The van der Waals surface area contributed by atoms with Crippen molar-refractivity contribution in [3.8, 4) is 0 Å². The highest BCUT2D eigenvalue weighted by Gasteiger charge is 2.35. The van der Waals surface area contributed by atoms with Crippen molar-refractivity contribution in [1.82, 2.24) is 19.5 Å². The van der Waals surface area contributed by atoms with Crippen LogP contribution >= 0.6 is 11.6 Å². The van der Waals surface area contributed by atoms with Crippen LogP contribution in [0.4, 0.5) is 0 Å². The number of rotatable bonds is 10. The highest BCUT2D eigenvalue weighted by Crippen LogP contribution is 2.39. The predicted octanol–water partition coefficient (Wildman–Crippen LogP) is 5.12. The first-order chi connectivity index (χ1) is 14.2. The molecule has 1 aliphatic carbocycles. The van der Waals surface area contributed by atoms with Gasteiger partial charge in [0, 0.05) is 12.3 Å². The summed E-state index contributed by atoms with van der Waals surface area (Å²) < 4.78 is 2.20. The Labute approximate surface area is 177 Å². The average molecular weight is 415 g/mol. The van der Waals surface area contributed by atoms with Crippen LogP contribution in [0.3, 0.4) is 0 Å². The fourth-order valence-electron chi connectivity index (χ4n) is 4.72. The summed E-state index contributed by atoms with van der Waals surface area (Å²) in [6.45, 7) is 0.792. The molecule has 0 aromatic carbocycles. The average Bonchev–Trinajstić information content (AvgIpc) is 3.47. The molecule has 0 spiro atoms. The number of aromatic nitrogens is 4. The minimum absolute atomic E-state index is 0.281. The number of hydrogen-bond acceptors (Lipinski definition) is 5. The van der Waals surface area contributed by atoms with Gasteiger partial charge in [-0.2, -0.15) is 4.98 Å². The second-order valence-corrected chi connectivity index (χ2v) is 8.66. The van der Waals surface area contributed by atoms with Gasteiger partial charge in [0.15, 0.2) is 5.65 Å². The Bertz CT molecular complexity index is 869. The Morgan fingerprint density at radius 3 is 2.55 bits per heavy atom. The molecule has 1 aliphatic heterocycles. The van der Waals surface area contributed by atoms with E-state index in [-0.39, 0.29) is 5.28 Å². The quantitative estimate of drug-likeness (QED) is 0.432. The highest BCUT2D eigenvalue weighted by atomic mass is 35.5. The maximum Gasteiger partial charge on any atom is 0.224 e. The van der Waals surface area contributed by atoms with Gasteiger partial charge in [-0.3, -0.25) is 4.99 Å². The molecule has 1 saturated carbocycles. The summed E-state index contributed by atoms with van der Waals surface area (Å²) in [4.78, 5) is 18.7. The summed E-state index contributed by atoms with van der Waals surface area (Å²) >= 11 is 6.38. The smallest absolute Gasteiger partial charge is 0.224 e. The second kappa shape index (κ2) is 9.35. The van der Waals surface area contributed by atoms with E-state index >= 15 is 0 Å². The lowest BCUT2D eigenvalue weighted by Crippen LogP contribution is -2.22. The summed E-state index contributed by atoms with van der Waals surface area (Å²) in [7, 11) is 0. The van der Waals surface area contributed by atoms with E-state index in [9.17, 15) is 0 Å². The molecular formula is C22H31ClN6. The number of unbranched alkanes of at least 4 members (excludes halogenated alkanes) is 5. The lowest BCUT2D eigenvalue weighted by atomic mass is 9.88. The van der Waals surface area contributed by atoms with Crippen LogP contribution in [-0.2, 0) is 5.54 Å². The normalized spacial score (nSPS) is 21.7. The topological polar surface area (TPSA) is 82.0 Å². The van der Waals surface area contributed by atoms with Crippen LogP contribution in [0.1, 0.15) is 82.4 Å². The van der Waals surface area contributed by atoms with Gasteiger partial charge in [-0.15, -0.1) is 0 Å². The van der Waals surface area contributed by atoms with Crippen molar-refractivity contribution in [2.75, 3.05) is 6.54 Å². The molecule has 2 aromatic rings. The number of nitrogens with two attached hydrogens (primary N) is 1. The molecule has 0 saturated heterocycles. The summed E-state index contributed by atoms with van der Waals surface area (Å²) in [5.41, 5.74) is 7.64. The minimum Gasteiger partial charge on any atom is -0.330 e. The number of imidazole rings is 1. The third-order valence-corrected chi connectivity index (χ3v) is 6.47. The largest absolute Gasteiger partial charge is 0.330 e. The van der Waals surface area contributed by atoms with Gasteiger partial charge >= 0.3 is 0 Å². The Morgan fingerprint density at radius 2 is 1.83 bits per heavy atom. The molecule has 1 fully saturated rings. The molecule has 29 heavy (non-hydrogen) atoms. The van der Waals surface area contributed by atoms with E-state index in [4.69, 9.17) is 27.3 Å². The molecule has 6 nitrogen and oxygen atoms in total. The zero-order valence-electron chi connectivity index (χ0n) is 17.1. The van der Waals surface area contributed by atoms with Gasteiger partial charge in [-0.05, 0) is 56.0 Å². The Hall–Kier alpha value is -1.79. The second-order valence-electron chi connectivity index (χ2n) is 8.33. The summed E-state index contributed by atoms with van der Waals surface area (Å²) in [5.74, 6) is 0. The number of allylic oxidation sites excluding steroid dienone is 1. The minimum atomic E-state index is -0.475. The zero-order chi connectivity index (χ0) is 20.1. The van der Waals surface area contributed by atoms with Crippen LogP contribution in [0.25, 0.3) is 11.2 Å². The van der Waals surface area contributed by atoms with Crippen molar-refractivity contribution in [2.45, 2.75) is 82.2 Å². The van der Waals surface area contributed by atoms with Crippen molar-refractivity contribution >= 4 is 29.0 Å². The molecule has 1 atom stereocenters. The Kier molecular flexibility index (Phi) is 6.60. The monoisotopic (exact) mass is 414 g/mol. The van der Waals surface area contributed by atoms with E-state index < -0.39 is 5.54 Å². The van der Waals surface area contributed by atoms with E-state index in [1.165, 1.54) is 51.4 Å². The van der Waals surface area contributed by atoms with E-state index in [0.717, 1.165) is 42.7 Å². The Morgan fingerprint density at radius 1 is 1.07 bits per heavy atom. The molecule has 2 aliphatic rings.